The average molecular weight is 266 g/mol. The minimum absolute atomic E-state index is 0.294. The van der Waals surface area contributed by atoms with Crippen molar-refractivity contribution in [3.8, 4) is 11.5 Å². The van der Waals surface area contributed by atoms with Crippen molar-refractivity contribution in [2.24, 2.45) is 0 Å². The first-order valence-corrected chi connectivity index (χ1v) is 6.14. The lowest BCUT2D eigenvalue weighted by Gasteiger charge is -1.93. The van der Waals surface area contributed by atoms with Crippen LogP contribution in [0.3, 0.4) is 0 Å². The van der Waals surface area contributed by atoms with E-state index in [0.29, 0.717) is 17.3 Å². The predicted octanol–water partition coefficient (Wildman–Crippen LogP) is 4.05. The van der Waals surface area contributed by atoms with Crippen LogP contribution in [0.5, 0.6) is 0 Å². The number of rotatable bonds is 3. The first-order valence-electron chi connectivity index (χ1n) is 6.14. The Morgan fingerprint density at radius 1 is 0.850 bits per heavy atom. The summed E-state index contributed by atoms with van der Waals surface area (Å²) in [5, 5.41) is 7.87. The van der Waals surface area contributed by atoms with E-state index in [1.54, 1.807) is 18.2 Å². The third-order valence-electron chi connectivity index (χ3n) is 2.75. The second-order valence-electron chi connectivity index (χ2n) is 4.20. The van der Waals surface area contributed by atoms with Gasteiger partial charge >= 0.3 is 0 Å². The van der Waals surface area contributed by atoms with E-state index >= 15 is 0 Å². The highest BCUT2D eigenvalue weighted by atomic mass is 19.1. The molecule has 3 rings (SSSR count). The van der Waals surface area contributed by atoms with Gasteiger partial charge in [0.05, 0.1) is 0 Å². The summed E-state index contributed by atoms with van der Waals surface area (Å²) in [5.41, 5.74) is 1.74. The molecule has 0 unspecified atom stereocenters. The summed E-state index contributed by atoms with van der Waals surface area (Å²) < 4.78 is 18.3. The summed E-state index contributed by atoms with van der Waals surface area (Å²) in [7, 11) is 0. The van der Waals surface area contributed by atoms with Crippen LogP contribution in [0, 0.1) is 5.82 Å². The van der Waals surface area contributed by atoms with Crippen LogP contribution in [-0.4, -0.2) is 10.2 Å². The van der Waals surface area contributed by atoms with Crippen LogP contribution in [0.2, 0.25) is 0 Å². The van der Waals surface area contributed by atoms with Crippen LogP contribution in [0.15, 0.2) is 59.0 Å². The maximum absolute atomic E-state index is 12.8. The molecular weight excluding hydrogens is 255 g/mol. The Labute approximate surface area is 115 Å². The Morgan fingerprint density at radius 2 is 1.60 bits per heavy atom. The molecule has 20 heavy (non-hydrogen) atoms. The van der Waals surface area contributed by atoms with E-state index < -0.39 is 0 Å². The summed E-state index contributed by atoms with van der Waals surface area (Å²) in [4.78, 5) is 0. The number of hydrogen-bond acceptors (Lipinski definition) is 3. The molecule has 0 aliphatic heterocycles. The summed E-state index contributed by atoms with van der Waals surface area (Å²) in [6.45, 7) is 0. The van der Waals surface area contributed by atoms with Crippen LogP contribution in [0.25, 0.3) is 23.6 Å². The summed E-state index contributed by atoms with van der Waals surface area (Å²) in [6.07, 6.45) is 3.64. The first kappa shape index (κ1) is 12.3. The maximum Gasteiger partial charge on any atom is 0.248 e. The SMILES string of the molecule is Fc1ccc(-c2nnc(/C=C/c3ccccc3)o2)cc1. The van der Waals surface area contributed by atoms with Gasteiger partial charge in [-0.3, -0.25) is 0 Å². The zero-order valence-corrected chi connectivity index (χ0v) is 10.5. The molecule has 3 nitrogen and oxygen atoms in total. The molecule has 0 aliphatic carbocycles. The molecule has 0 N–H and O–H groups in total. The van der Waals surface area contributed by atoms with Crippen molar-refractivity contribution in [1.82, 2.24) is 10.2 Å². The molecule has 3 aromatic rings. The van der Waals surface area contributed by atoms with Crippen LogP contribution in [0.4, 0.5) is 4.39 Å². The van der Waals surface area contributed by atoms with E-state index in [1.165, 1.54) is 12.1 Å². The quantitative estimate of drug-likeness (QED) is 0.718. The Bertz CT molecular complexity index is 718. The van der Waals surface area contributed by atoms with Crippen LogP contribution in [-0.2, 0) is 0 Å². The Morgan fingerprint density at radius 3 is 2.35 bits per heavy atom. The molecule has 0 spiro atoms. The lowest BCUT2D eigenvalue weighted by atomic mass is 10.2. The summed E-state index contributed by atoms with van der Waals surface area (Å²) in [6, 6.07) is 15.8. The third-order valence-corrected chi connectivity index (χ3v) is 2.75. The monoisotopic (exact) mass is 266 g/mol. The molecule has 0 amide bonds. The topological polar surface area (TPSA) is 38.9 Å². The minimum Gasteiger partial charge on any atom is -0.417 e. The van der Waals surface area contributed by atoms with Gasteiger partial charge in [0, 0.05) is 11.6 Å². The van der Waals surface area contributed by atoms with E-state index in [-0.39, 0.29) is 5.82 Å². The Balaban J connectivity index is 1.80. The molecule has 0 saturated heterocycles. The van der Waals surface area contributed by atoms with E-state index in [4.69, 9.17) is 4.42 Å². The number of hydrogen-bond donors (Lipinski definition) is 0. The normalized spacial score (nSPS) is 11.1. The van der Waals surface area contributed by atoms with Gasteiger partial charge in [-0.15, -0.1) is 10.2 Å². The van der Waals surface area contributed by atoms with Crippen molar-refractivity contribution in [1.29, 1.82) is 0 Å². The fourth-order valence-corrected chi connectivity index (χ4v) is 1.74. The highest BCUT2D eigenvalue weighted by molar-refractivity contribution is 5.66. The van der Waals surface area contributed by atoms with Crippen molar-refractivity contribution >= 4 is 12.2 Å². The van der Waals surface area contributed by atoms with Gasteiger partial charge in [-0.2, -0.15) is 0 Å². The molecule has 98 valence electrons. The molecule has 1 aromatic heterocycles. The molecule has 4 heteroatoms. The molecule has 1 heterocycles. The van der Waals surface area contributed by atoms with E-state index in [9.17, 15) is 4.39 Å². The van der Waals surface area contributed by atoms with Crippen molar-refractivity contribution in [2.75, 3.05) is 0 Å². The van der Waals surface area contributed by atoms with Gasteiger partial charge in [0.15, 0.2) is 0 Å². The molecule has 0 aliphatic rings. The standard InChI is InChI=1S/C16H11FN2O/c17-14-9-7-13(8-10-14)16-19-18-15(20-16)11-6-12-4-2-1-3-5-12/h1-11H/b11-6+. The van der Waals surface area contributed by atoms with Crippen LogP contribution < -0.4 is 0 Å². The van der Waals surface area contributed by atoms with E-state index in [0.717, 1.165) is 5.56 Å². The number of nitrogens with zero attached hydrogens (tertiary/aromatic N) is 2. The van der Waals surface area contributed by atoms with Gasteiger partial charge in [-0.05, 0) is 35.9 Å². The molecule has 0 saturated carbocycles. The second-order valence-corrected chi connectivity index (χ2v) is 4.20. The van der Waals surface area contributed by atoms with Gasteiger partial charge in [0.25, 0.3) is 0 Å². The number of benzene rings is 2. The minimum atomic E-state index is -0.294. The Kier molecular flexibility index (Phi) is 3.37. The highest BCUT2D eigenvalue weighted by Gasteiger charge is 2.06. The molecular formula is C16H11FN2O. The molecule has 0 radical (unpaired) electrons. The zero-order valence-electron chi connectivity index (χ0n) is 10.5. The van der Waals surface area contributed by atoms with Crippen molar-refractivity contribution in [2.45, 2.75) is 0 Å². The number of halogens is 1. The van der Waals surface area contributed by atoms with Gasteiger partial charge in [-0.25, -0.2) is 4.39 Å². The lowest BCUT2D eigenvalue weighted by molar-refractivity contribution is 0.557. The molecule has 0 bridgehead atoms. The second kappa shape index (κ2) is 5.48. The molecule has 0 fully saturated rings. The van der Waals surface area contributed by atoms with Crippen LogP contribution >= 0.6 is 0 Å². The summed E-state index contributed by atoms with van der Waals surface area (Å²) >= 11 is 0. The van der Waals surface area contributed by atoms with Gasteiger partial charge in [0.1, 0.15) is 5.82 Å². The maximum atomic E-state index is 12.8. The molecule has 0 atom stereocenters. The van der Waals surface area contributed by atoms with Crippen LogP contribution in [0.1, 0.15) is 11.5 Å². The molecule has 2 aromatic carbocycles. The lowest BCUT2D eigenvalue weighted by Crippen LogP contribution is -1.78. The van der Waals surface area contributed by atoms with Gasteiger partial charge in [0.2, 0.25) is 11.8 Å². The zero-order chi connectivity index (χ0) is 13.8. The smallest absolute Gasteiger partial charge is 0.248 e. The highest BCUT2D eigenvalue weighted by Crippen LogP contribution is 2.18. The van der Waals surface area contributed by atoms with E-state index in [2.05, 4.69) is 10.2 Å². The fourth-order valence-electron chi connectivity index (χ4n) is 1.74. The predicted molar refractivity (Wildman–Crippen MR) is 75.1 cm³/mol. The summed E-state index contributed by atoms with van der Waals surface area (Å²) in [5.74, 6) is 0.489. The van der Waals surface area contributed by atoms with E-state index in [1.807, 2.05) is 36.4 Å². The van der Waals surface area contributed by atoms with Crippen molar-refractivity contribution in [3.05, 3.63) is 71.9 Å². The van der Waals surface area contributed by atoms with Crippen molar-refractivity contribution in [3.63, 3.8) is 0 Å². The average Bonchev–Trinajstić information content (AvgIpc) is 2.96. The third kappa shape index (κ3) is 2.80. The van der Waals surface area contributed by atoms with Gasteiger partial charge < -0.3 is 4.42 Å². The first-order chi connectivity index (χ1) is 9.81. The van der Waals surface area contributed by atoms with Gasteiger partial charge in [-0.1, -0.05) is 30.3 Å². The fraction of sp³-hybridized carbons (Fsp3) is 0. The Hall–Kier alpha value is -2.75. The number of aromatic nitrogens is 2. The largest absolute Gasteiger partial charge is 0.417 e. The van der Waals surface area contributed by atoms with Crippen molar-refractivity contribution < 1.29 is 8.81 Å².